The zero-order valence-corrected chi connectivity index (χ0v) is 16.9. The highest BCUT2D eigenvalue weighted by Gasteiger charge is 2.17. The maximum absolute atomic E-state index is 12.7. The van der Waals surface area contributed by atoms with Gasteiger partial charge in [0.15, 0.2) is 17.3 Å². The van der Waals surface area contributed by atoms with E-state index < -0.39 is 11.8 Å². The molecule has 4 rings (SSSR count). The molecule has 1 aliphatic rings. The van der Waals surface area contributed by atoms with Gasteiger partial charge in [0.05, 0.1) is 6.26 Å². The van der Waals surface area contributed by atoms with E-state index in [0.717, 1.165) is 5.56 Å². The summed E-state index contributed by atoms with van der Waals surface area (Å²) in [4.78, 5) is 25.1. The molecule has 1 aliphatic heterocycles. The number of hydrogen-bond donors (Lipinski definition) is 2. The quantitative estimate of drug-likeness (QED) is 0.339. The molecule has 0 fully saturated rings. The molecule has 0 atom stereocenters. The van der Waals surface area contributed by atoms with Crippen LogP contribution in [0.3, 0.4) is 0 Å². The molecular weight excluding hydrogens is 410 g/mol. The summed E-state index contributed by atoms with van der Waals surface area (Å²) in [5.74, 6) is 0.0724. The average Bonchev–Trinajstić information content (AvgIpc) is 3.51. The van der Waals surface area contributed by atoms with E-state index in [1.54, 1.807) is 30.3 Å². The van der Waals surface area contributed by atoms with Gasteiger partial charge < -0.3 is 19.2 Å². The molecule has 2 aromatic carbocycles. The number of ether oxygens (including phenoxy) is 2. The summed E-state index contributed by atoms with van der Waals surface area (Å²) in [6.45, 7) is 0.135. The molecule has 32 heavy (non-hydrogen) atoms. The fraction of sp³-hybridized carbons (Fsp3) is 0.0417. The van der Waals surface area contributed by atoms with Crippen molar-refractivity contribution in [1.29, 1.82) is 0 Å². The predicted molar refractivity (Wildman–Crippen MR) is 119 cm³/mol. The molecule has 2 N–H and O–H groups in total. The number of fused-ring (bicyclic) bond motifs is 1. The first kappa shape index (κ1) is 20.7. The van der Waals surface area contributed by atoms with Crippen molar-refractivity contribution in [3.63, 3.8) is 0 Å². The van der Waals surface area contributed by atoms with Gasteiger partial charge in [-0.25, -0.2) is 5.43 Å². The molecule has 0 aliphatic carbocycles. The van der Waals surface area contributed by atoms with Crippen LogP contribution in [-0.2, 0) is 4.79 Å². The van der Waals surface area contributed by atoms with Gasteiger partial charge >= 0.3 is 0 Å². The first-order chi connectivity index (χ1) is 15.7. The van der Waals surface area contributed by atoms with Gasteiger partial charge in [-0.2, -0.15) is 5.10 Å². The van der Waals surface area contributed by atoms with Gasteiger partial charge in [0, 0.05) is 6.21 Å². The molecule has 160 valence electrons. The molecule has 0 unspecified atom stereocenters. The van der Waals surface area contributed by atoms with E-state index >= 15 is 0 Å². The SMILES string of the molecule is O=C(N/N=C\C=C/c1ccccc1)/C(=C/c1ccc2c(c1)OCO2)NC(=O)c1ccco1. The van der Waals surface area contributed by atoms with Gasteiger partial charge in [-0.15, -0.1) is 0 Å². The van der Waals surface area contributed by atoms with Gasteiger partial charge in [0.2, 0.25) is 6.79 Å². The van der Waals surface area contributed by atoms with Gasteiger partial charge in [0.1, 0.15) is 5.70 Å². The number of allylic oxidation sites excluding steroid dienone is 1. The first-order valence-electron chi connectivity index (χ1n) is 9.70. The lowest BCUT2D eigenvalue weighted by molar-refractivity contribution is -0.117. The number of carbonyl (C=O) groups is 2. The lowest BCUT2D eigenvalue weighted by Crippen LogP contribution is -2.32. The maximum Gasteiger partial charge on any atom is 0.291 e. The second-order valence-electron chi connectivity index (χ2n) is 6.59. The molecule has 8 nitrogen and oxygen atoms in total. The number of hydrazone groups is 1. The summed E-state index contributed by atoms with van der Waals surface area (Å²) >= 11 is 0. The van der Waals surface area contributed by atoms with E-state index in [-0.39, 0.29) is 18.3 Å². The van der Waals surface area contributed by atoms with Crippen LogP contribution in [0.4, 0.5) is 0 Å². The highest BCUT2D eigenvalue weighted by Crippen LogP contribution is 2.33. The van der Waals surface area contributed by atoms with Crippen LogP contribution in [0.25, 0.3) is 12.2 Å². The van der Waals surface area contributed by atoms with Gasteiger partial charge in [-0.1, -0.05) is 42.5 Å². The number of amides is 2. The van der Waals surface area contributed by atoms with Crippen LogP contribution in [0.5, 0.6) is 11.5 Å². The summed E-state index contributed by atoms with van der Waals surface area (Å²) in [7, 11) is 0. The zero-order chi connectivity index (χ0) is 22.2. The van der Waals surface area contributed by atoms with Crippen molar-refractivity contribution in [3.8, 4) is 11.5 Å². The average molecular weight is 429 g/mol. The lowest BCUT2D eigenvalue weighted by Gasteiger charge is -2.08. The summed E-state index contributed by atoms with van der Waals surface area (Å²) in [6.07, 6.45) is 7.86. The number of benzene rings is 2. The third-order valence-corrected chi connectivity index (χ3v) is 4.36. The molecule has 1 aromatic heterocycles. The minimum absolute atomic E-state index is 0.0190. The third-order valence-electron chi connectivity index (χ3n) is 4.36. The number of nitrogens with zero attached hydrogens (tertiary/aromatic N) is 1. The van der Waals surface area contributed by atoms with E-state index in [9.17, 15) is 9.59 Å². The third kappa shape index (κ3) is 5.31. The summed E-state index contributed by atoms with van der Waals surface area (Å²) in [5, 5.41) is 6.46. The molecule has 0 bridgehead atoms. The van der Waals surface area contributed by atoms with Crippen LogP contribution in [0.1, 0.15) is 21.7 Å². The smallest absolute Gasteiger partial charge is 0.291 e. The summed E-state index contributed by atoms with van der Waals surface area (Å²) in [5.41, 5.74) is 4.01. The van der Waals surface area contributed by atoms with Crippen molar-refractivity contribution in [1.82, 2.24) is 10.7 Å². The summed E-state index contributed by atoms with van der Waals surface area (Å²) < 4.78 is 15.8. The van der Waals surface area contributed by atoms with Crippen LogP contribution in [0.15, 0.2) is 88.2 Å². The minimum Gasteiger partial charge on any atom is -0.459 e. The Hall–Kier alpha value is -4.59. The molecular formula is C24H19N3O5. The monoisotopic (exact) mass is 429 g/mol. The summed E-state index contributed by atoms with van der Waals surface area (Å²) in [6, 6.07) is 17.9. The fourth-order valence-electron chi connectivity index (χ4n) is 2.84. The van der Waals surface area contributed by atoms with Crippen molar-refractivity contribution < 1.29 is 23.5 Å². The van der Waals surface area contributed by atoms with Crippen molar-refractivity contribution in [2.75, 3.05) is 6.79 Å². The number of furan rings is 1. The largest absolute Gasteiger partial charge is 0.459 e. The Morgan fingerprint density at radius 3 is 2.59 bits per heavy atom. The Morgan fingerprint density at radius 1 is 0.938 bits per heavy atom. The van der Waals surface area contributed by atoms with E-state index in [1.165, 1.54) is 24.6 Å². The zero-order valence-electron chi connectivity index (χ0n) is 16.9. The lowest BCUT2D eigenvalue weighted by atomic mass is 10.1. The topological polar surface area (TPSA) is 102 Å². The van der Waals surface area contributed by atoms with E-state index in [1.807, 2.05) is 36.4 Å². The Kier molecular flexibility index (Phi) is 6.42. The second kappa shape index (κ2) is 9.94. The van der Waals surface area contributed by atoms with E-state index in [4.69, 9.17) is 13.9 Å². The van der Waals surface area contributed by atoms with Crippen LogP contribution in [-0.4, -0.2) is 24.8 Å². The Balaban J connectivity index is 1.48. The van der Waals surface area contributed by atoms with Crippen molar-refractivity contribution in [2.24, 2.45) is 5.10 Å². The molecule has 0 saturated heterocycles. The Bertz CT molecular complexity index is 1180. The Labute approximate surface area is 183 Å². The van der Waals surface area contributed by atoms with Gasteiger partial charge in [0.25, 0.3) is 11.8 Å². The molecule has 2 heterocycles. The van der Waals surface area contributed by atoms with Crippen molar-refractivity contribution >= 4 is 30.2 Å². The molecule has 2 amide bonds. The molecule has 8 heteroatoms. The molecule has 0 radical (unpaired) electrons. The second-order valence-corrected chi connectivity index (χ2v) is 6.59. The number of nitrogens with one attached hydrogen (secondary N) is 2. The first-order valence-corrected chi connectivity index (χ1v) is 9.70. The molecule has 0 saturated carbocycles. The van der Waals surface area contributed by atoms with Crippen molar-refractivity contribution in [2.45, 2.75) is 0 Å². The highest BCUT2D eigenvalue weighted by atomic mass is 16.7. The number of carbonyl (C=O) groups excluding carboxylic acids is 2. The van der Waals surface area contributed by atoms with Crippen LogP contribution < -0.4 is 20.2 Å². The van der Waals surface area contributed by atoms with Crippen LogP contribution >= 0.6 is 0 Å². The normalized spacial score (nSPS) is 12.9. The predicted octanol–water partition coefficient (Wildman–Crippen LogP) is 3.59. The number of hydrogen-bond acceptors (Lipinski definition) is 6. The van der Waals surface area contributed by atoms with Crippen LogP contribution in [0, 0.1) is 0 Å². The van der Waals surface area contributed by atoms with Crippen LogP contribution in [0.2, 0.25) is 0 Å². The van der Waals surface area contributed by atoms with E-state index in [2.05, 4.69) is 15.8 Å². The van der Waals surface area contributed by atoms with Gasteiger partial charge in [-0.05, 0) is 47.5 Å². The highest BCUT2D eigenvalue weighted by molar-refractivity contribution is 6.04. The molecule has 3 aromatic rings. The maximum atomic E-state index is 12.7. The fourth-order valence-corrected chi connectivity index (χ4v) is 2.84. The Morgan fingerprint density at radius 2 is 1.78 bits per heavy atom. The molecule has 0 spiro atoms. The minimum atomic E-state index is -0.605. The number of rotatable bonds is 7. The van der Waals surface area contributed by atoms with E-state index in [0.29, 0.717) is 17.1 Å². The van der Waals surface area contributed by atoms with Crippen molar-refractivity contribution in [3.05, 3.63) is 95.6 Å². The standard InChI is InChI=1S/C24H19N3O5/c28-23(27-25-12-4-8-17-6-2-1-3-7-17)19(26-24(29)21-9-5-13-30-21)14-18-10-11-20-22(15-18)32-16-31-20/h1-15H,16H2,(H,26,29)(H,27,28)/b8-4-,19-14-,25-12-. The van der Waals surface area contributed by atoms with Gasteiger partial charge in [-0.3, -0.25) is 9.59 Å².